The molecule has 14 heteroatoms. The lowest BCUT2D eigenvalue weighted by molar-refractivity contribution is -0.135. The Labute approximate surface area is 296 Å². The lowest BCUT2D eigenvalue weighted by Gasteiger charge is -2.27. The third-order valence-corrected chi connectivity index (χ3v) is 9.68. The Hall–Kier alpha value is -5.66. The summed E-state index contributed by atoms with van der Waals surface area (Å²) in [7, 11) is 1.27. The van der Waals surface area contributed by atoms with E-state index in [1.54, 1.807) is 29.1 Å². The molecule has 4 heterocycles. The van der Waals surface area contributed by atoms with Crippen LogP contribution in [0.15, 0.2) is 60.9 Å². The number of carbonyl (C=O) groups excluding carboxylic acids is 3. The van der Waals surface area contributed by atoms with E-state index in [4.69, 9.17) is 0 Å². The molecule has 2 aromatic carbocycles. The Morgan fingerprint density at radius 2 is 1.27 bits per heavy atom. The van der Waals surface area contributed by atoms with Crippen LogP contribution in [0.25, 0.3) is 33.6 Å². The number of alkyl carbamates (subject to hydrolysis) is 1. The molecule has 0 bridgehead atoms. The predicted octanol–water partition coefficient (Wildman–Crippen LogP) is 5.64. The number of carboxylic acid groups (broad SMARTS) is 1. The summed E-state index contributed by atoms with van der Waals surface area (Å²) >= 11 is 0. The molecule has 51 heavy (non-hydrogen) atoms. The lowest BCUT2D eigenvalue weighted by atomic mass is 10.0. The molecular formula is C37H44N8O6. The summed E-state index contributed by atoms with van der Waals surface area (Å²) in [4.78, 5) is 68.8. The van der Waals surface area contributed by atoms with Gasteiger partial charge in [-0.1, -0.05) is 61.9 Å². The maximum Gasteiger partial charge on any atom is 0.407 e. The van der Waals surface area contributed by atoms with Crippen molar-refractivity contribution < 1.29 is 29.0 Å². The first-order chi connectivity index (χ1) is 24.7. The molecular weight excluding hydrogens is 652 g/mol. The molecule has 4 amide bonds. The Morgan fingerprint density at radius 1 is 0.804 bits per heavy atom. The Bertz CT molecular complexity index is 1850. The number of imidazole rings is 2. The van der Waals surface area contributed by atoms with Crippen molar-refractivity contribution in [3.8, 4) is 33.6 Å². The minimum absolute atomic E-state index is 0.177. The summed E-state index contributed by atoms with van der Waals surface area (Å²) in [6, 6.07) is 14.4. The largest absolute Gasteiger partial charge is 0.465 e. The molecule has 0 spiro atoms. The maximum absolute atomic E-state index is 13.3. The van der Waals surface area contributed by atoms with Crippen molar-refractivity contribution >= 4 is 24.0 Å². The zero-order chi connectivity index (χ0) is 36.1. The van der Waals surface area contributed by atoms with Crippen molar-refractivity contribution in [1.82, 2.24) is 40.4 Å². The minimum Gasteiger partial charge on any atom is -0.465 e. The van der Waals surface area contributed by atoms with Crippen LogP contribution in [0.3, 0.4) is 0 Å². The number of amides is 4. The molecule has 14 nitrogen and oxygen atoms in total. The number of rotatable bonds is 11. The van der Waals surface area contributed by atoms with E-state index in [9.17, 15) is 24.3 Å². The number of hydrogen-bond donors (Lipinski definition) is 5. The van der Waals surface area contributed by atoms with E-state index in [0.717, 1.165) is 59.3 Å². The molecule has 2 aromatic heterocycles. The van der Waals surface area contributed by atoms with Gasteiger partial charge in [-0.2, -0.15) is 0 Å². The van der Waals surface area contributed by atoms with Crippen LogP contribution < -0.4 is 10.6 Å². The minimum atomic E-state index is -1.20. The highest BCUT2D eigenvalue weighted by atomic mass is 16.5. The van der Waals surface area contributed by atoms with Crippen molar-refractivity contribution in [2.75, 3.05) is 20.2 Å². The van der Waals surface area contributed by atoms with Gasteiger partial charge in [0.05, 0.1) is 43.0 Å². The number of benzene rings is 2. The van der Waals surface area contributed by atoms with E-state index >= 15 is 0 Å². The van der Waals surface area contributed by atoms with Crippen LogP contribution in [0.5, 0.6) is 0 Å². The van der Waals surface area contributed by atoms with Crippen LogP contribution in [0, 0.1) is 0 Å². The molecule has 4 atom stereocenters. The highest BCUT2D eigenvalue weighted by Crippen LogP contribution is 2.34. The molecule has 2 fully saturated rings. The monoisotopic (exact) mass is 696 g/mol. The van der Waals surface area contributed by atoms with Crippen LogP contribution >= 0.6 is 0 Å². The van der Waals surface area contributed by atoms with Gasteiger partial charge in [-0.25, -0.2) is 19.6 Å². The van der Waals surface area contributed by atoms with Gasteiger partial charge in [0.25, 0.3) is 0 Å². The summed E-state index contributed by atoms with van der Waals surface area (Å²) in [5.74, 6) is 1.02. The van der Waals surface area contributed by atoms with Crippen LogP contribution in [0.2, 0.25) is 0 Å². The molecule has 6 rings (SSSR count). The molecule has 0 aliphatic carbocycles. The smallest absolute Gasteiger partial charge is 0.407 e. The SMILES string of the molecule is CCC[C@H](NC(=O)O)C(=O)N1CCC[C@H]1c1ncc(-c2ccc(-c3ccc(-c4cnc([C@@H]5CCCN5C(=O)[C@H](C)NC(=O)OC)[nH]4)cc3)cc2)[nH]1. The second-order valence-electron chi connectivity index (χ2n) is 13.0. The fourth-order valence-electron chi connectivity index (χ4n) is 7.06. The lowest BCUT2D eigenvalue weighted by Crippen LogP contribution is -2.48. The highest BCUT2D eigenvalue weighted by molar-refractivity contribution is 5.86. The number of methoxy groups -OCH3 is 1. The average molecular weight is 697 g/mol. The van der Waals surface area contributed by atoms with E-state index in [0.29, 0.717) is 37.6 Å². The first kappa shape index (κ1) is 35.2. The third-order valence-electron chi connectivity index (χ3n) is 9.68. The molecule has 0 unspecified atom stereocenters. The fraction of sp³-hybridized carbons (Fsp3) is 0.405. The second kappa shape index (κ2) is 15.5. The van der Waals surface area contributed by atoms with E-state index < -0.39 is 24.3 Å². The number of nitrogens with one attached hydrogen (secondary N) is 4. The normalized spacial score (nSPS) is 18.3. The number of carbonyl (C=O) groups is 4. The van der Waals surface area contributed by atoms with Crippen molar-refractivity contribution in [3.05, 3.63) is 72.6 Å². The highest BCUT2D eigenvalue weighted by Gasteiger charge is 2.36. The number of likely N-dealkylation sites (tertiary alicyclic amines) is 2. The zero-order valence-electron chi connectivity index (χ0n) is 29.0. The van der Waals surface area contributed by atoms with Gasteiger partial charge in [-0.05, 0) is 61.3 Å². The van der Waals surface area contributed by atoms with Gasteiger partial charge in [-0.3, -0.25) is 9.59 Å². The Kier molecular flexibility index (Phi) is 10.7. The number of hydrogen-bond acceptors (Lipinski definition) is 7. The Balaban J connectivity index is 1.10. The standard InChI is InChI=1S/C37H44N8O6/c1-4-7-27(43-36(48)49)35(47)45-19-6-9-31(45)33-39-21-29(42-33)26-16-12-24(13-17-26)23-10-14-25(15-11-23)28-20-38-32(41-28)30-8-5-18-44(30)34(46)22(2)40-37(50)51-3/h10-17,20-22,27,30-31,43H,4-9,18-19H2,1-3H3,(H,38,41)(H,39,42)(H,40,50)(H,48,49)/t22-,27-,30-,31-/m0/s1. The quantitative estimate of drug-likeness (QED) is 0.133. The zero-order valence-corrected chi connectivity index (χ0v) is 29.0. The molecule has 0 saturated carbocycles. The van der Waals surface area contributed by atoms with Crippen LogP contribution in [0.1, 0.15) is 76.1 Å². The maximum atomic E-state index is 13.3. The van der Waals surface area contributed by atoms with Gasteiger partial charge >= 0.3 is 12.2 Å². The number of aromatic amines is 2. The molecule has 2 aliphatic heterocycles. The van der Waals surface area contributed by atoms with E-state index in [-0.39, 0.29) is 23.9 Å². The summed E-state index contributed by atoms with van der Waals surface area (Å²) in [5.41, 5.74) is 5.71. The predicted molar refractivity (Wildman–Crippen MR) is 189 cm³/mol. The number of H-pyrrole nitrogens is 2. The van der Waals surface area contributed by atoms with E-state index in [1.807, 2.05) is 31.2 Å². The van der Waals surface area contributed by atoms with Crippen molar-refractivity contribution in [3.63, 3.8) is 0 Å². The first-order valence-electron chi connectivity index (χ1n) is 17.4. The summed E-state index contributed by atoms with van der Waals surface area (Å²) in [6.45, 7) is 4.73. The van der Waals surface area contributed by atoms with Crippen LogP contribution in [-0.4, -0.2) is 91.1 Å². The van der Waals surface area contributed by atoms with Crippen LogP contribution in [0.4, 0.5) is 9.59 Å². The van der Waals surface area contributed by atoms with Crippen molar-refractivity contribution in [1.29, 1.82) is 0 Å². The Morgan fingerprint density at radius 3 is 1.73 bits per heavy atom. The van der Waals surface area contributed by atoms with E-state index in [2.05, 4.69) is 59.6 Å². The topological polar surface area (TPSA) is 186 Å². The summed E-state index contributed by atoms with van der Waals surface area (Å²) in [6.07, 6.45) is 6.06. The number of ether oxygens (including phenoxy) is 1. The first-order valence-corrected chi connectivity index (χ1v) is 17.4. The average Bonchev–Trinajstić information content (AvgIpc) is 3.97. The second-order valence-corrected chi connectivity index (χ2v) is 13.0. The van der Waals surface area contributed by atoms with Crippen LogP contribution in [-0.2, 0) is 14.3 Å². The van der Waals surface area contributed by atoms with Crippen molar-refractivity contribution in [2.45, 2.75) is 76.5 Å². The van der Waals surface area contributed by atoms with Gasteiger partial charge in [0, 0.05) is 13.1 Å². The van der Waals surface area contributed by atoms with Crippen molar-refractivity contribution in [2.24, 2.45) is 0 Å². The van der Waals surface area contributed by atoms with Gasteiger partial charge in [0.2, 0.25) is 11.8 Å². The van der Waals surface area contributed by atoms with Gasteiger partial charge in [0.1, 0.15) is 23.7 Å². The molecule has 4 aromatic rings. The molecule has 5 N–H and O–H groups in total. The number of aromatic nitrogens is 4. The summed E-state index contributed by atoms with van der Waals surface area (Å²) in [5, 5.41) is 14.2. The summed E-state index contributed by atoms with van der Waals surface area (Å²) < 4.78 is 4.64. The third kappa shape index (κ3) is 7.74. The van der Waals surface area contributed by atoms with E-state index in [1.165, 1.54) is 7.11 Å². The molecule has 2 saturated heterocycles. The molecule has 0 radical (unpaired) electrons. The van der Waals surface area contributed by atoms with Gasteiger partial charge in [0.15, 0.2) is 0 Å². The van der Waals surface area contributed by atoms with Gasteiger partial charge < -0.3 is 40.2 Å². The van der Waals surface area contributed by atoms with Gasteiger partial charge in [-0.15, -0.1) is 0 Å². The number of nitrogens with zero attached hydrogens (tertiary/aromatic N) is 4. The molecule has 2 aliphatic rings. The fourth-order valence-corrected chi connectivity index (χ4v) is 7.06. The molecule has 268 valence electrons.